The van der Waals surface area contributed by atoms with Gasteiger partial charge in [0.05, 0.1) is 26.2 Å². The van der Waals surface area contributed by atoms with E-state index in [1.54, 1.807) is 13.2 Å². The minimum absolute atomic E-state index is 0.124. The van der Waals surface area contributed by atoms with Crippen LogP contribution in [0.3, 0.4) is 0 Å². The molecular weight excluding hydrogens is 354 g/mol. The van der Waals surface area contributed by atoms with Gasteiger partial charge in [-0.1, -0.05) is 19.1 Å². The number of methoxy groups -OCH3 is 3. The molecule has 1 atom stereocenters. The van der Waals surface area contributed by atoms with E-state index in [2.05, 4.69) is 4.72 Å². The molecule has 0 aliphatic rings. The third-order valence-corrected chi connectivity index (χ3v) is 5.66. The SMILES string of the molecule is CC[C@@H](NS(=O)(=O)c1ccc(OC)c(OC)c1)c1ccc(OC)c(C)c1. The molecule has 0 heterocycles. The maximum absolute atomic E-state index is 12.8. The first-order valence-corrected chi connectivity index (χ1v) is 9.73. The maximum Gasteiger partial charge on any atom is 0.241 e. The van der Waals surface area contributed by atoms with Crippen molar-refractivity contribution in [2.75, 3.05) is 21.3 Å². The van der Waals surface area contributed by atoms with Gasteiger partial charge in [0.2, 0.25) is 10.0 Å². The van der Waals surface area contributed by atoms with Crippen LogP contribution in [0.15, 0.2) is 41.3 Å². The van der Waals surface area contributed by atoms with Gasteiger partial charge >= 0.3 is 0 Å². The molecule has 1 N–H and O–H groups in total. The lowest BCUT2D eigenvalue weighted by Gasteiger charge is -2.19. The van der Waals surface area contributed by atoms with Gasteiger partial charge in [-0.3, -0.25) is 0 Å². The molecule has 0 spiro atoms. The normalized spacial score (nSPS) is 12.5. The van der Waals surface area contributed by atoms with Crippen molar-refractivity contribution in [3.05, 3.63) is 47.5 Å². The fourth-order valence-corrected chi connectivity index (χ4v) is 4.07. The van der Waals surface area contributed by atoms with E-state index in [-0.39, 0.29) is 10.9 Å². The van der Waals surface area contributed by atoms with Gasteiger partial charge in [0, 0.05) is 12.1 Å². The second kappa shape index (κ2) is 8.42. The summed E-state index contributed by atoms with van der Waals surface area (Å²) < 4.78 is 44.0. The van der Waals surface area contributed by atoms with Crippen LogP contribution >= 0.6 is 0 Å². The highest BCUT2D eigenvalue weighted by Gasteiger charge is 2.22. The molecule has 0 fully saturated rings. The van der Waals surface area contributed by atoms with E-state index in [9.17, 15) is 8.42 Å². The Bertz CT molecular complexity index is 864. The molecule has 6 nitrogen and oxygen atoms in total. The number of rotatable bonds is 8. The Balaban J connectivity index is 2.33. The van der Waals surface area contributed by atoms with Crippen molar-refractivity contribution in [3.63, 3.8) is 0 Å². The number of sulfonamides is 1. The molecule has 0 saturated carbocycles. The summed E-state index contributed by atoms with van der Waals surface area (Å²) in [6, 6.07) is 9.83. The summed E-state index contributed by atoms with van der Waals surface area (Å²) in [7, 11) is 0.860. The van der Waals surface area contributed by atoms with Gasteiger partial charge in [0.1, 0.15) is 5.75 Å². The van der Waals surface area contributed by atoms with Crippen molar-refractivity contribution in [2.24, 2.45) is 0 Å². The fraction of sp³-hybridized carbons (Fsp3) is 0.368. The van der Waals surface area contributed by atoms with E-state index < -0.39 is 10.0 Å². The Labute approximate surface area is 155 Å². The van der Waals surface area contributed by atoms with E-state index in [1.807, 2.05) is 32.0 Å². The van der Waals surface area contributed by atoms with E-state index in [0.29, 0.717) is 17.9 Å². The summed E-state index contributed by atoms with van der Waals surface area (Å²) in [5.74, 6) is 1.61. The first-order valence-electron chi connectivity index (χ1n) is 8.25. The molecule has 0 aliphatic heterocycles. The topological polar surface area (TPSA) is 73.9 Å². The van der Waals surface area contributed by atoms with Crippen molar-refractivity contribution in [1.82, 2.24) is 4.72 Å². The maximum atomic E-state index is 12.8. The highest BCUT2D eigenvalue weighted by Crippen LogP contribution is 2.31. The molecule has 0 unspecified atom stereocenters. The predicted octanol–water partition coefficient (Wildman–Crippen LogP) is 3.45. The van der Waals surface area contributed by atoms with Crippen LogP contribution in [0.5, 0.6) is 17.2 Å². The standard InChI is InChI=1S/C19H25NO5S/c1-6-16(14-7-9-17(23-3)13(2)11-14)20-26(21,22)15-8-10-18(24-4)19(12-15)25-5/h7-12,16,20H,6H2,1-5H3/t16-/m1/s1. The largest absolute Gasteiger partial charge is 0.496 e. The fourth-order valence-electron chi connectivity index (χ4n) is 2.74. The number of benzene rings is 2. The Morgan fingerprint density at radius 1 is 0.923 bits per heavy atom. The molecule has 0 aliphatic carbocycles. The summed E-state index contributed by atoms with van der Waals surface area (Å²) in [6.07, 6.45) is 0.609. The summed E-state index contributed by atoms with van der Waals surface area (Å²) in [6.45, 7) is 3.86. The molecule has 0 amide bonds. The average molecular weight is 379 g/mol. The number of hydrogen-bond acceptors (Lipinski definition) is 5. The summed E-state index contributed by atoms with van der Waals surface area (Å²) >= 11 is 0. The molecule has 2 rings (SSSR count). The predicted molar refractivity (Wildman–Crippen MR) is 101 cm³/mol. The van der Waals surface area contributed by atoms with Crippen molar-refractivity contribution < 1.29 is 22.6 Å². The Hall–Kier alpha value is -2.25. The minimum Gasteiger partial charge on any atom is -0.496 e. The highest BCUT2D eigenvalue weighted by molar-refractivity contribution is 7.89. The molecule has 2 aromatic rings. The zero-order valence-corrected chi connectivity index (χ0v) is 16.5. The molecule has 142 valence electrons. The molecule has 7 heteroatoms. The molecular formula is C19H25NO5S. The molecule has 26 heavy (non-hydrogen) atoms. The summed E-state index contributed by atoms with van der Waals surface area (Å²) in [5, 5.41) is 0. The van der Waals surface area contributed by atoms with Gasteiger partial charge in [-0.25, -0.2) is 13.1 Å². The van der Waals surface area contributed by atoms with E-state index >= 15 is 0 Å². The Kier molecular flexibility index (Phi) is 6.50. The van der Waals surface area contributed by atoms with Gasteiger partial charge in [-0.15, -0.1) is 0 Å². The van der Waals surface area contributed by atoms with Crippen molar-refractivity contribution in [1.29, 1.82) is 0 Å². The molecule has 0 radical (unpaired) electrons. The van der Waals surface area contributed by atoms with Crippen LogP contribution in [0.4, 0.5) is 0 Å². The smallest absolute Gasteiger partial charge is 0.241 e. The van der Waals surface area contributed by atoms with Crippen LogP contribution in [-0.4, -0.2) is 29.7 Å². The molecule has 0 saturated heterocycles. The minimum atomic E-state index is -3.72. The Morgan fingerprint density at radius 2 is 1.54 bits per heavy atom. The van der Waals surface area contributed by atoms with Gasteiger partial charge in [0.15, 0.2) is 11.5 Å². The van der Waals surface area contributed by atoms with Gasteiger partial charge in [-0.05, 0) is 42.7 Å². The number of ether oxygens (including phenoxy) is 3. The van der Waals surface area contributed by atoms with Crippen molar-refractivity contribution >= 4 is 10.0 Å². The summed E-state index contributed by atoms with van der Waals surface area (Å²) in [4.78, 5) is 0.124. The molecule has 0 bridgehead atoms. The van der Waals surface area contributed by atoms with Crippen molar-refractivity contribution in [2.45, 2.75) is 31.2 Å². The number of hydrogen-bond donors (Lipinski definition) is 1. The van der Waals surface area contributed by atoms with E-state index in [0.717, 1.165) is 16.9 Å². The van der Waals surface area contributed by atoms with Crippen LogP contribution in [-0.2, 0) is 10.0 Å². The van der Waals surface area contributed by atoms with E-state index in [1.165, 1.54) is 26.4 Å². The van der Waals surface area contributed by atoms with Crippen LogP contribution in [0, 0.1) is 6.92 Å². The zero-order chi connectivity index (χ0) is 19.3. The second-order valence-electron chi connectivity index (χ2n) is 5.83. The van der Waals surface area contributed by atoms with Crippen LogP contribution in [0.1, 0.15) is 30.5 Å². The number of aryl methyl sites for hydroxylation is 1. The lowest BCUT2D eigenvalue weighted by molar-refractivity contribution is 0.354. The van der Waals surface area contributed by atoms with Crippen LogP contribution in [0.25, 0.3) is 0 Å². The van der Waals surface area contributed by atoms with Gasteiger partial charge in [-0.2, -0.15) is 0 Å². The third-order valence-electron chi connectivity index (χ3n) is 4.19. The zero-order valence-electron chi connectivity index (χ0n) is 15.7. The second-order valence-corrected chi connectivity index (χ2v) is 7.54. The van der Waals surface area contributed by atoms with Crippen molar-refractivity contribution in [3.8, 4) is 17.2 Å². The first kappa shape index (κ1) is 20.1. The average Bonchev–Trinajstić information content (AvgIpc) is 2.65. The third kappa shape index (κ3) is 4.28. The Morgan fingerprint density at radius 3 is 2.08 bits per heavy atom. The quantitative estimate of drug-likeness (QED) is 0.760. The number of nitrogens with one attached hydrogen (secondary N) is 1. The van der Waals surface area contributed by atoms with Crippen LogP contribution < -0.4 is 18.9 Å². The molecule has 0 aromatic heterocycles. The van der Waals surface area contributed by atoms with Crippen LogP contribution in [0.2, 0.25) is 0 Å². The summed E-state index contributed by atoms with van der Waals surface area (Å²) in [5.41, 5.74) is 1.84. The molecule has 2 aromatic carbocycles. The highest BCUT2D eigenvalue weighted by atomic mass is 32.2. The van der Waals surface area contributed by atoms with Gasteiger partial charge < -0.3 is 14.2 Å². The van der Waals surface area contributed by atoms with Gasteiger partial charge in [0.25, 0.3) is 0 Å². The lowest BCUT2D eigenvalue weighted by Crippen LogP contribution is -2.28. The van der Waals surface area contributed by atoms with E-state index in [4.69, 9.17) is 14.2 Å². The lowest BCUT2D eigenvalue weighted by atomic mass is 10.0. The first-order chi connectivity index (χ1) is 12.4. The monoisotopic (exact) mass is 379 g/mol.